The Morgan fingerprint density at radius 3 is 2.53 bits per heavy atom. The molecule has 6 heteroatoms. The molecule has 2 fully saturated rings. The standard InChI is InChI=1S/C13H20N2O2S2/c1-8-5-13(9(2)18-8)19(16,17)15-6-11(10-3-4-10)12(14)7-15/h5,10-12H,3-4,6-7,14H2,1-2H3/t11-,12+/m0/s1. The first kappa shape index (κ1) is 13.5. The third kappa shape index (κ3) is 2.35. The molecule has 1 aromatic heterocycles. The first-order valence-electron chi connectivity index (χ1n) is 6.72. The fourth-order valence-corrected chi connectivity index (χ4v) is 6.08. The van der Waals surface area contributed by atoms with E-state index in [9.17, 15) is 8.42 Å². The van der Waals surface area contributed by atoms with Crippen LogP contribution < -0.4 is 5.73 Å². The number of hydrogen-bond acceptors (Lipinski definition) is 4. The Hall–Kier alpha value is -0.430. The fourth-order valence-electron chi connectivity index (χ4n) is 3.04. The zero-order valence-corrected chi connectivity index (χ0v) is 12.9. The Balaban J connectivity index is 1.87. The Morgan fingerprint density at radius 1 is 1.32 bits per heavy atom. The number of rotatable bonds is 3. The minimum absolute atomic E-state index is 0.00214. The van der Waals surface area contributed by atoms with Crippen LogP contribution in [0.15, 0.2) is 11.0 Å². The van der Waals surface area contributed by atoms with Crippen LogP contribution in [0, 0.1) is 25.7 Å². The van der Waals surface area contributed by atoms with Gasteiger partial charge in [0.2, 0.25) is 10.0 Å². The molecule has 2 atom stereocenters. The summed E-state index contributed by atoms with van der Waals surface area (Å²) in [5.74, 6) is 1.01. The van der Waals surface area contributed by atoms with E-state index in [4.69, 9.17) is 5.73 Å². The topological polar surface area (TPSA) is 63.4 Å². The number of nitrogens with zero attached hydrogens (tertiary/aromatic N) is 1. The van der Waals surface area contributed by atoms with Gasteiger partial charge in [-0.05, 0) is 44.6 Å². The lowest BCUT2D eigenvalue weighted by molar-refractivity contribution is 0.428. The SMILES string of the molecule is Cc1cc(S(=O)(=O)N2C[C@@H](N)[C@H](C3CC3)C2)c(C)s1. The number of hydrogen-bond donors (Lipinski definition) is 1. The zero-order valence-electron chi connectivity index (χ0n) is 11.3. The van der Waals surface area contributed by atoms with Crippen molar-refractivity contribution in [1.29, 1.82) is 0 Å². The highest BCUT2D eigenvalue weighted by Crippen LogP contribution is 2.42. The van der Waals surface area contributed by atoms with Crippen molar-refractivity contribution in [3.63, 3.8) is 0 Å². The van der Waals surface area contributed by atoms with Gasteiger partial charge in [0.25, 0.3) is 0 Å². The van der Waals surface area contributed by atoms with Crippen LogP contribution in [0.25, 0.3) is 0 Å². The highest BCUT2D eigenvalue weighted by Gasteiger charge is 2.44. The first-order chi connectivity index (χ1) is 8.89. The van der Waals surface area contributed by atoms with Crippen LogP contribution >= 0.6 is 11.3 Å². The van der Waals surface area contributed by atoms with Crippen molar-refractivity contribution in [2.24, 2.45) is 17.6 Å². The van der Waals surface area contributed by atoms with Crippen LogP contribution in [-0.2, 0) is 10.0 Å². The van der Waals surface area contributed by atoms with Gasteiger partial charge in [-0.2, -0.15) is 4.31 Å². The normalized spacial score (nSPS) is 29.0. The number of thiophene rings is 1. The smallest absolute Gasteiger partial charge is 0.244 e. The van der Waals surface area contributed by atoms with Gasteiger partial charge in [0, 0.05) is 28.9 Å². The molecule has 1 saturated heterocycles. The second-order valence-corrected chi connectivity index (χ2v) is 9.13. The Labute approximate surface area is 118 Å². The van der Waals surface area contributed by atoms with Gasteiger partial charge in [0.1, 0.15) is 0 Å². The third-order valence-corrected chi connectivity index (χ3v) is 7.27. The Bertz CT molecular complexity index is 590. The van der Waals surface area contributed by atoms with Crippen molar-refractivity contribution >= 4 is 21.4 Å². The lowest BCUT2D eigenvalue weighted by atomic mass is 9.99. The van der Waals surface area contributed by atoms with Gasteiger partial charge in [-0.3, -0.25) is 0 Å². The molecule has 0 aromatic carbocycles. The Kier molecular flexibility index (Phi) is 3.24. The van der Waals surface area contributed by atoms with Crippen LogP contribution in [0.3, 0.4) is 0 Å². The summed E-state index contributed by atoms with van der Waals surface area (Å²) in [4.78, 5) is 2.39. The van der Waals surface area contributed by atoms with Crippen LogP contribution in [0.2, 0.25) is 0 Å². The van der Waals surface area contributed by atoms with E-state index in [0.717, 1.165) is 9.75 Å². The van der Waals surface area contributed by atoms with Gasteiger partial charge in [-0.25, -0.2) is 8.42 Å². The molecule has 0 bridgehead atoms. The number of nitrogens with two attached hydrogens (primary N) is 1. The predicted molar refractivity (Wildman–Crippen MR) is 76.7 cm³/mol. The molecule has 1 aliphatic heterocycles. The molecule has 0 amide bonds. The van der Waals surface area contributed by atoms with Crippen molar-refractivity contribution in [3.05, 3.63) is 15.8 Å². The van der Waals surface area contributed by atoms with E-state index in [-0.39, 0.29) is 6.04 Å². The van der Waals surface area contributed by atoms with Crippen molar-refractivity contribution in [1.82, 2.24) is 4.31 Å². The summed E-state index contributed by atoms with van der Waals surface area (Å²) in [6, 6.07) is 1.79. The van der Waals surface area contributed by atoms with Gasteiger partial charge in [-0.15, -0.1) is 11.3 Å². The molecule has 2 heterocycles. The second-order valence-electron chi connectivity index (χ2n) is 5.76. The van der Waals surface area contributed by atoms with Crippen molar-refractivity contribution < 1.29 is 8.42 Å². The van der Waals surface area contributed by atoms with Crippen LogP contribution in [0.1, 0.15) is 22.6 Å². The molecule has 4 nitrogen and oxygen atoms in total. The minimum Gasteiger partial charge on any atom is -0.326 e. The molecular formula is C13H20N2O2S2. The molecule has 19 heavy (non-hydrogen) atoms. The van der Waals surface area contributed by atoms with Crippen LogP contribution in [0.5, 0.6) is 0 Å². The van der Waals surface area contributed by atoms with Gasteiger partial charge < -0.3 is 5.73 Å². The molecule has 106 valence electrons. The van der Waals surface area contributed by atoms with Gasteiger partial charge >= 0.3 is 0 Å². The monoisotopic (exact) mass is 300 g/mol. The summed E-state index contributed by atoms with van der Waals surface area (Å²) in [6.45, 7) is 4.89. The molecule has 3 rings (SSSR count). The maximum atomic E-state index is 12.7. The highest BCUT2D eigenvalue weighted by molar-refractivity contribution is 7.89. The number of aryl methyl sites for hydroxylation is 2. The molecule has 2 N–H and O–H groups in total. The van der Waals surface area contributed by atoms with Crippen LogP contribution in [-0.4, -0.2) is 31.9 Å². The first-order valence-corrected chi connectivity index (χ1v) is 8.98. The zero-order chi connectivity index (χ0) is 13.8. The molecular weight excluding hydrogens is 280 g/mol. The van der Waals surface area contributed by atoms with Gasteiger partial charge in [-0.1, -0.05) is 0 Å². The van der Waals surface area contributed by atoms with Crippen molar-refractivity contribution in [2.45, 2.75) is 37.6 Å². The molecule has 1 saturated carbocycles. The average molecular weight is 300 g/mol. The fraction of sp³-hybridized carbons (Fsp3) is 0.692. The van der Waals surface area contributed by atoms with E-state index in [1.807, 2.05) is 13.8 Å². The summed E-state index contributed by atoms with van der Waals surface area (Å²) in [7, 11) is -3.36. The lowest BCUT2D eigenvalue weighted by Crippen LogP contribution is -2.32. The Morgan fingerprint density at radius 2 is 2.00 bits per heavy atom. The maximum absolute atomic E-state index is 12.7. The van der Waals surface area contributed by atoms with E-state index in [2.05, 4.69) is 0 Å². The van der Waals surface area contributed by atoms with E-state index in [1.54, 1.807) is 10.4 Å². The molecule has 1 aliphatic carbocycles. The van der Waals surface area contributed by atoms with E-state index < -0.39 is 10.0 Å². The molecule has 0 radical (unpaired) electrons. The minimum atomic E-state index is -3.36. The van der Waals surface area contributed by atoms with E-state index >= 15 is 0 Å². The van der Waals surface area contributed by atoms with Crippen molar-refractivity contribution in [3.8, 4) is 0 Å². The predicted octanol–water partition coefficient (Wildman–Crippen LogP) is 1.72. The van der Waals surface area contributed by atoms with Crippen LogP contribution in [0.4, 0.5) is 0 Å². The summed E-state index contributed by atoms with van der Waals surface area (Å²) < 4.78 is 27.0. The van der Waals surface area contributed by atoms with E-state index in [1.165, 1.54) is 24.2 Å². The lowest BCUT2D eigenvalue weighted by Gasteiger charge is -2.16. The molecule has 1 aromatic rings. The quantitative estimate of drug-likeness (QED) is 0.924. The third-order valence-electron chi connectivity index (χ3n) is 4.22. The highest BCUT2D eigenvalue weighted by atomic mass is 32.2. The second kappa shape index (κ2) is 4.55. The molecule has 0 unspecified atom stereocenters. The van der Waals surface area contributed by atoms with Gasteiger partial charge in [0.05, 0.1) is 4.90 Å². The summed E-state index contributed by atoms with van der Waals surface area (Å²) >= 11 is 1.54. The summed E-state index contributed by atoms with van der Waals surface area (Å²) in [6.07, 6.45) is 2.42. The summed E-state index contributed by atoms with van der Waals surface area (Å²) in [5, 5.41) is 0. The summed E-state index contributed by atoms with van der Waals surface area (Å²) in [5.41, 5.74) is 6.12. The largest absolute Gasteiger partial charge is 0.326 e. The maximum Gasteiger partial charge on any atom is 0.244 e. The molecule has 2 aliphatic rings. The average Bonchev–Trinajstić information content (AvgIpc) is 3.00. The van der Waals surface area contributed by atoms with Gasteiger partial charge in [0.15, 0.2) is 0 Å². The van der Waals surface area contributed by atoms with Crippen molar-refractivity contribution in [2.75, 3.05) is 13.1 Å². The molecule has 0 spiro atoms. The number of sulfonamides is 1. The van der Waals surface area contributed by atoms with E-state index in [0.29, 0.717) is 29.8 Å².